The fourth-order valence-corrected chi connectivity index (χ4v) is 6.73. The Bertz CT molecular complexity index is 571. The van der Waals surface area contributed by atoms with Crippen molar-refractivity contribution >= 4 is 37.3 Å². The van der Waals surface area contributed by atoms with E-state index in [1.165, 1.54) is 11.3 Å². The van der Waals surface area contributed by atoms with Gasteiger partial charge in [0.05, 0.1) is 8.68 Å². The number of rotatable bonds is 4. The van der Waals surface area contributed by atoms with Crippen molar-refractivity contribution in [3.05, 3.63) is 14.7 Å². The lowest BCUT2D eigenvalue weighted by molar-refractivity contribution is 0.209. The van der Waals surface area contributed by atoms with Crippen LogP contribution >= 0.6 is 27.3 Å². The van der Waals surface area contributed by atoms with Crippen molar-refractivity contribution in [2.75, 3.05) is 20.1 Å². The SMILES string of the molecule is CCC1CN(S(=O)(=O)c2cc(Br)sc2C)CCC1NC. The Labute approximate surface area is 133 Å². The molecule has 0 amide bonds. The van der Waals surface area contributed by atoms with Gasteiger partial charge in [-0.15, -0.1) is 11.3 Å². The first-order chi connectivity index (χ1) is 9.40. The molecule has 2 rings (SSSR count). The van der Waals surface area contributed by atoms with Crippen LogP contribution in [0.2, 0.25) is 0 Å². The molecule has 2 unspecified atom stereocenters. The summed E-state index contributed by atoms with van der Waals surface area (Å²) in [7, 11) is -1.40. The highest BCUT2D eigenvalue weighted by molar-refractivity contribution is 9.11. The molecular weight excluding hydrogens is 360 g/mol. The maximum atomic E-state index is 12.8. The molecule has 0 spiro atoms. The molecule has 0 radical (unpaired) electrons. The van der Waals surface area contributed by atoms with Crippen molar-refractivity contribution in [3.8, 4) is 0 Å². The van der Waals surface area contributed by atoms with Crippen molar-refractivity contribution in [2.24, 2.45) is 5.92 Å². The maximum absolute atomic E-state index is 12.8. The van der Waals surface area contributed by atoms with E-state index in [0.717, 1.165) is 21.5 Å². The smallest absolute Gasteiger partial charge is 0.244 e. The zero-order valence-corrected chi connectivity index (χ0v) is 15.2. The van der Waals surface area contributed by atoms with E-state index >= 15 is 0 Å². The Kier molecular flexibility index (Phi) is 5.29. The number of hydrogen-bond donors (Lipinski definition) is 1. The number of hydrogen-bond acceptors (Lipinski definition) is 4. The van der Waals surface area contributed by atoms with E-state index in [4.69, 9.17) is 0 Å². The molecule has 1 fully saturated rings. The minimum Gasteiger partial charge on any atom is -0.317 e. The quantitative estimate of drug-likeness (QED) is 0.873. The van der Waals surface area contributed by atoms with Crippen LogP contribution in [0.1, 0.15) is 24.6 Å². The van der Waals surface area contributed by atoms with Gasteiger partial charge in [0.25, 0.3) is 0 Å². The van der Waals surface area contributed by atoms with E-state index in [1.54, 1.807) is 10.4 Å². The number of halogens is 1. The summed E-state index contributed by atoms with van der Waals surface area (Å²) < 4.78 is 28.1. The van der Waals surface area contributed by atoms with E-state index in [1.807, 2.05) is 14.0 Å². The summed E-state index contributed by atoms with van der Waals surface area (Å²) in [5.41, 5.74) is 0. The molecule has 1 aromatic rings. The van der Waals surface area contributed by atoms with Gasteiger partial charge in [0.2, 0.25) is 10.0 Å². The highest BCUT2D eigenvalue weighted by Crippen LogP contribution is 2.33. The maximum Gasteiger partial charge on any atom is 0.244 e. The third-order valence-electron chi connectivity index (χ3n) is 4.05. The van der Waals surface area contributed by atoms with Crippen LogP contribution in [0, 0.1) is 12.8 Å². The minimum absolute atomic E-state index is 0.380. The normalized spacial score (nSPS) is 25.0. The molecule has 1 saturated heterocycles. The molecule has 4 nitrogen and oxygen atoms in total. The molecule has 7 heteroatoms. The molecule has 0 aromatic carbocycles. The Morgan fingerprint density at radius 3 is 2.75 bits per heavy atom. The fraction of sp³-hybridized carbons (Fsp3) is 0.692. The molecule has 2 heterocycles. The average molecular weight is 381 g/mol. The fourth-order valence-electron chi connectivity index (χ4n) is 2.84. The lowest BCUT2D eigenvalue weighted by Gasteiger charge is -2.37. The zero-order valence-electron chi connectivity index (χ0n) is 12.0. The van der Waals surface area contributed by atoms with Gasteiger partial charge in [-0.2, -0.15) is 4.31 Å². The number of piperidine rings is 1. The Balaban J connectivity index is 2.25. The van der Waals surface area contributed by atoms with Crippen LogP contribution in [-0.2, 0) is 10.0 Å². The van der Waals surface area contributed by atoms with Crippen LogP contribution in [0.15, 0.2) is 14.7 Å². The summed E-state index contributed by atoms with van der Waals surface area (Å²) in [6.07, 6.45) is 1.86. The molecule has 114 valence electrons. The summed E-state index contributed by atoms with van der Waals surface area (Å²) in [4.78, 5) is 1.30. The molecule has 2 atom stereocenters. The molecule has 1 aromatic heterocycles. The predicted octanol–water partition coefficient (Wildman–Crippen LogP) is 2.83. The molecule has 1 aliphatic rings. The van der Waals surface area contributed by atoms with Crippen LogP contribution in [0.3, 0.4) is 0 Å². The van der Waals surface area contributed by atoms with Crippen molar-refractivity contribution in [2.45, 2.75) is 37.6 Å². The zero-order chi connectivity index (χ0) is 14.9. The van der Waals surface area contributed by atoms with Gasteiger partial charge < -0.3 is 5.32 Å². The van der Waals surface area contributed by atoms with Gasteiger partial charge in [-0.25, -0.2) is 8.42 Å². The number of sulfonamides is 1. The standard InChI is InChI=1S/C13H21BrN2O2S2/c1-4-10-8-16(6-5-11(10)15-3)20(17,18)12-7-13(14)19-9(12)2/h7,10-11,15H,4-6,8H2,1-3H3. The van der Waals surface area contributed by atoms with Crippen LogP contribution in [0.5, 0.6) is 0 Å². The third kappa shape index (κ3) is 3.11. The first kappa shape index (κ1) is 16.4. The number of nitrogens with zero attached hydrogens (tertiary/aromatic N) is 1. The van der Waals surface area contributed by atoms with Crippen LogP contribution < -0.4 is 5.32 Å². The highest BCUT2D eigenvalue weighted by Gasteiger charge is 2.35. The van der Waals surface area contributed by atoms with Gasteiger partial charge in [-0.05, 0) is 48.3 Å². The average Bonchev–Trinajstić information content (AvgIpc) is 2.77. The van der Waals surface area contributed by atoms with Crippen molar-refractivity contribution in [3.63, 3.8) is 0 Å². The van der Waals surface area contributed by atoms with Crippen molar-refractivity contribution < 1.29 is 8.42 Å². The second-order valence-corrected chi connectivity index (χ2v) is 9.73. The van der Waals surface area contributed by atoms with Crippen molar-refractivity contribution in [1.29, 1.82) is 0 Å². The third-order valence-corrected chi connectivity index (χ3v) is 7.73. The lowest BCUT2D eigenvalue weighted by Crippen LogP contribution is -2.49. The van der Waals surface area contributed by atoms with Crippen LogP contribution in [-0.4, -0.2) is 38.9 Å². The summed E-state index contributed by atoms with van der Waals surface area (Å²) in [5, 5.41) is 3.31. The van der Waals surface area contributed by atoms with E-state index < -0.39 is 10.0 Å². The van der Waals surface area contributed by atoms with E-state index in [9.17, 15) is 8.42 Å². The molecule has 0 bridgehead atoms. The van der Waals surface area contributed by atoms with Crippen molar-refractivity contribution in [1.82, 2.24) is 9.62 Å². The molecule has 1 N–H and O–H groups in total. The molecule has 20 heavy (non-hydrogen) atoms. The first-order valence-corrected chi connectivity index (χ1v) is 9.88. The van der Waals surface area contributed by atoms with Gasteiger partial charge in [-0.3, -0.25) is 0 Å². The van der Waals surface area contributed by atoms with E-state index in [2.05, 4.69) is 28.2 Å². The van der Waals surface area contributed by atoms with E-state index in [-0.39, 0.29) is 0 Å². The van der Waals surface area contributed by atoms with E-state index in [0.29, 0.717) is 29.9 Å². The minimum atomic E-state index is -3.36. The van der Waals surface area contributed by atoms with Crippen LogP contribution in [0.4, 0.5) is 0 Å². The largest absolute Gasteiger partial charge is 0.317 e. The number of thiophene rings is 1. The van der Waals surface area contributed by atoms with Crippen LogP contribution in [0.25, 0.3) is 0 Å². The molecule has 1 aliphatic heterocycles. The topological polar surface area (TPSA) is 49.4 Å². The second kappa shape index (κ2) is 6.44. The molecule has 0 aliphatic carbocycles. The highest BCUT2D eigenvalue weighted by atomic mass is 79.9. The van der Waals surface area contributed by atoms with Gasteiger partial charge in [0.15, 0.2) is 0 Å². The van der Waals surface area contributed by atoms with Gasteiger partial charge in [0.1, 0.15) is 0 Å². The lowest BCUT2D eigenvalue weighted by atomic mass is 9.91. The Morgan fingerprint density at radius 2 is 2.25 bits per heavy atom. The van der Waals surface area contributed by atoms with Gasteiger partial charge >= 0.3 is 0 Å². The van der Waals surface area contributed by atoms with Gasteiger partial charge in [0, 0.05) is 24.0 Å². The molecular formula is C13H21BrN2O2S2. The summed E-state index contributed by atoms with van der Waals surface area (Å²) in [6.45, 7) is 5.19. The Hall–Kier alpha value is 0.0500. The summed E-state index contributed by atoms with van der Waals surface area (Å²) in [6, 6.07) is 2.14. The summed E-state index contributed by atoms with van der Waals surface area (Å²) in [5.74, 6) is 0.380. The number of nitrogens with one attached hydrogen (secondary N) is 1. The van der Waals surface area contributed by atoms with Gasteiger partial charge in [-0.1, -0.05) is 13.3 Å². The first-order valence-electron chi connectivity index (χ1n) is 6.83. The predicted molar refractivity (Wildman–Crippen MR) is 86.8 cm³/mol. The monoisotopic (exact) mass is 380 g/mol. The second-order valence-electron chi connectivity index (χ2n) is 5.19. The number of aryl methyl sites for hydroxylation is 1. The summed E-state index contributed by atoms with van der Waals surface area (Å²) >= 11 is 4.84. The Morgan fingerprint density at radius 1 is 1.55 bits per heavy atom. The molecule has 0 saturated carbocycles.